The van der Waals surface area contributed by atoms with E-state index in [2.05, 4.69) is 199 Å². The summed E-state index contributed by atoms with van der Waals surface area (Å²) < 4.78 is 0. The highest BCUT2D eigenvalue weighted by Crippen LogP contribution is 2.49. The van der Waals surface area contributed by atoms with E-state index in [4.69, 9.17) is 0 Å². The van der Waals surface area contributed by atoms with E-state index >= 15 is 0 Å². The molecule has 0 saturated heterocycles. The van der Waals surface area contributed by atoms with Crippen molar-refractivity contribution in [3.8, 4) is 0 Å². The summed E-state index contributed by atoms with van der Waals surface area (Å²) in [5, 5.41) is 4.46. The third-order valence-corrected chi connectivity index (χ3v) is 17.2. The van der Waals surface area contributed by atoms with E-state index in [1.807, 2.05) is 0 Å². The minimum Gasteiger partial charge on any atom is -0.378 e. The van der Waals surface area contributed by atoms with Crippen LogP contribution in [0.25, 0.3) is 0 Å². The number of anilines is 6. The summed E-state index contributed by atoms with van der Waals surface area (Å²) in [6.45, 7) is 16.7. The van der Waals surface area contributed by atoms with Gasteiger partial charge in [0, 0.05) is 124 Å². The van der Waals surface area contributed by atoms with Crippen LogP contribution in [-0.4, -0.2) is 92.6 Å². The van der Waals surface area contributed by atoms with Gasteiger partial charge in [0.1, 0.15) is 0 Å². The molecule has 0 unspecified atom stereocenters. The molecule has 0 N–H and O–H groups in total. The number of nitrogens with zero attached hydrogens (tertiary/aromatic N) is 6. The molecule has 0 heterocycles. The van der Waals surface area contributed by atoms with Crippen molar-refractivity contribution in [2.75, 3.05) is 114 Å². The summed E-state index contributed by atoms with van der Waals surface area (Å²) in [7, 11) is 23.2. The molecule has 0 aromatic heterocycles. The fraction of sp³-hybridized carbons (Fsp3) is 0.476. The molecule has 1 aliphatic rings. The first-order valence-electron chi connectivity index (χ1n) is 17.5. The van der Waals surface area contributed by atoms with Gasteiger partial charge in [-0.05, 0) is 128 Å². The molecule has 0 radical (unpaired) electrons. The fourth-order valence-electron chi connectivity index (χ4n) is 8.35. The second-order valence-electron chi connectivity index (χ2n) is 15.6. The van der Waals surface area contributed by atoms with Crippen LogP contribution in [0.4, 0.5) is 34.1 Å². The second-order valence-corrected chi connectivity index (χ2v) is 19.4. The Hall–Kier alpha value is -3.84. The van der Waals surface area contributed by atoms with Crippen molar-refractivity contribution in [2.45, 2.75) is 54.0 Å². The molecule has 0 spiro atoms. The Kier molecular flexibility index (Phi) is 10.7. The number of hydrogen-bond donors (Lipinski definition) is 0. The Balaban J connectivity index is 2.55. The molecule has 7 heteroatoms. The first kappa shape index (κ1) is 38.0. The molecule has 0 bridgehead atoms. The largest absolute Gasteiger partial charge is 0.378 e. The molecule has 49 heavy (non-hydrogen) atoms. The van der Waals surface area contributed by atoms with Gasteiger partial charge in [0.25, 0.3) is 0 Å². The van der Waals surface area contributed by atoms with Crippen LogP contribution < -0.4 is 45.0 Å². The molecule has 266 valence electrons. The molecule has 1 aliphatic carbocycles. The Morgan fingerprint density at radius 3 is 0.816 bits per heavy atom. The van der Waals surface area contributed by atoms with Gasteiger partial charge in [-0.15, -0.1) is 0 Å². The van der Waals surface area contributed by atoms with E-state index in [1.165, 1.54) is 88.7 Å². The van der Waals surface area contributed by atoms with E-state index in [0.717, 1.165) is 0 Å². The van der Waals surface area contributed by atoms with Crippen molar-refractivity contribution in [3.05, 3.63) is 75.4 Å². The summed E-state index contributed by atoms with van der Waals surface area (Å²) in [5.74, 6) is 0. The monoisotopic (exact) mass is 680 g/mol. The van der Waals surface area contributed by atoms with Gasteiger partial charge in [-0.1, -0.05) is 11.1 Å². The van der Waals surface area contributed by atoms with Gasteiger partial charge in [-0.2, -0.15) is 0 Å². The Morgan fingerprint density at radius 2 is 0.612 bits per heavy atom. The standard InChI is InChI=1S/C42H64N6Si/c1-26-27(2)29(4)42(28(26)3)49(39-23-33(43(8)9)20-36(30(39)5)46(14)15,40-24-34(44(10)11)21-37(31(40)6)47(16)17)41-25-35(45(12)13)22-38(32(41)7)48(18)19/h20-25,42H,1-19H3. The van der Waals surface area contributed by atoms with Gasteiger partial charge < -0.3 is 29.4 Å². The lowest BCUT2D eigenvalue weighted by molar-refractivity contribution is 1.07. The van der Waals surface area contributed by atoms with Gasteiger partial charge in [-0.25, -0.2) is 0 Å². The maximum absolute atomic E-state index is 3.07. The Bertz CT molecular complexity index is 1620. The van der Waals surface area contributed by atoms with Crippen molar-refractivity contribution >= 4 is 57.8 Å². The van der Waals surface area contributed by atoms with Crippen molar-refractivity contribution < 1.29 is 0 Å². The number of benzene rings is 3. The van der Waals surface area contributed by atoms with Crippen LogP contribution in [-0.2, 0) is 0 Å². The highest BCUT2D eigenvalue weighted by molar-refractivity contribution is 7.14. The summed E-state index contributed by atoms with van der Waals surface area (Å²) in [6.07, 6.45) is 0. The molecule has 0 fully saturated rings. The fourth-order valence-corrected chi connectivity index (χ4v) is 15.2. The van der Waals surface area contributed by atoms with Crippen LogP contribution in [0.5, 0.6) is 0 Å². The average Bonchev–Trinajstić information content (AvgIpc) is 3.20. The Morgan fingerprint density at radius 1 is 0.367 bits per heavy atom. The molecule has 3 aromatic carbocycles. The maximum Gasteiger partial charge on any atom is 0.160 e. The SMILES string of the molecule is CC1=C(C)C([Si](c2cc(N(C)C)cc(N(C)C)c2C)(c2cc(N(C)C)cc(N(C)C)c2C)c2cc(N(C)C)cc(N(C)C)c2C)C(C)=C1C. The lowest BCUT2D eigenvalue weighted by Gasteiger charge is -2.46. The zero-order chi connectivity index (χ0) is 37.0. The summed E-state index contributed by atoms with van der Waals surface area (Å²) in [6, 6.07) is 14.8. The average molecular weight is 681 g/mol. The molecule has 3 aromatic rings. The van der Waals surface area contributed by atoms with Gasteiger partial charge >= 0.3 is 0 Å². The van der Waals surface area contributed by atoms with Crippen molar-refractivity contribution in [1.29, 1.82) is 0 Å². The Labute approximate surface area is 300 Å². The first-order valence-corrected chi connectivity index (χ1v) is 19.6. The van der Waals surface area contributed by atoms with E-state index in [9.17, 15) is 0 Å². The molecule has 0 amide bonds. The lowest BCUT2D eigenvalue weighted by Crippen LogP contribution is -2.72. The zero-order valence-corrected chi connectivity index (χ0v) is 35.2. The van der Waals surface area contributed by atoms with E-state index < -0.39 is 8.07 Å². The summed E-state index contributed by atoms with van der Waals surface area (Å²) >= 11 is 0. The summed E-state index contributed by atoms with van der Waals surface area (Å²) in [4.78, 5) is 13.8. The number of rotatable bonds is 10. The lowest BCUT2D eigenvalue weighted by atomic mass is 10.1. The molecule has 0 aliphatic heterocycles. The number of allylic oxidation sites excluding steroid dienone is 4. The molecular weight excluding hydrogens is 617 g/mol. The van der Waals surface area contributed by atoms with Crippen LogP contribution in [0.15, 0.2) is 58.7 Å². The zero-order valence-electron chi connectivity index (χ0n) is 34.2. The van der Waals surface area contributed by atoms with E-state index in [1.54, 1.807) is 0 Å². The van der Waals surface area contributed by atoms with Gasteiger partial charge in [0.2, 0.25) is 0 Å². The highest BCUT2D eigenvalue weighted by atomic mass is 28.3. The molecule has 0 atom stereocenters. The first-order chi connectivity index (χ1) is 22.7. The van der Waals surface area contributed by atoms with Crippen LogP contribution in [0.3, 0.4) is 0 Å². The predicted molar refractivity (Wildman–Crippen MR) is 225 cm³/mol. The van der Waals surface area contributed by atoms with Crippen LogP contribution >= 0.6 is 0 Å². The molecule has 0 saturated carbocycles. The normalized spacial score (nSPS) is 13.8. The topological polar surface area (TPSA) is 19.4 Å². The molecule has 4 rings (SSSR count). The van der Waals surface area contributed by atoms with Gasteiger partial charge in [0.05, 0.1) is 0 Å². The van der Waals surface area contributed by atoms with Crippen LogP contribution in [0.1, 0.15) is 44.4 Å². The van der Waals surface area contributed by atoms with Gasteiger partial charge in [0.15, 0.2) is 8.07 Å². The van der Waals surface area contributed by atoms with E-state index in [0.29, 0.717) is 0 Å². The maximum atomic E-state index is 2.56. The van der Waals surface area contributed by atoms with Crippen molar-refractivity contribution in [3.63, 3.8) is 0 Å². The third-order valence-electron chi connectivity index (χ3n) is 11.4. The highest BCUT2D eigenvalue weighted by Gasteiger charge is 2.53. The van der Waals surface area contributed by atoms with Crippen molar-refractivity contribution in [2.24, 2.45) is 0 Å². The van der Waals surface area contributed by atoms with Crippen LogP contribution in [0, 0.1) is 20.8 Å². The van der Waals surface area contributed by atoms with Crippen molar-refractivity contribution in [1.82, 2.24) is 0 Å². The van der Waals surface area contributed by atoms with Gasteiger partial charge in [-0.3, -0.25) is 0 Å². The smallest absolute Gasteiger partial charge is 0.160 e. The molecule has 6 nitrogen and oxygen atoms in total. The minimum absolute atomic E-state index is 0.232. The quantitative estimate of drug-likeness (QED) is 0.178. The van der Waals surface area contributed by atoms with Crippen LogP contribution in [0.2, 0.25) is 5.54 Å². The minimum atomic E-state index is -3.07. The second kappa shape index (κ2) is 13.8. The predicted octanol–water partition coefficient (Wildman–Crippen LogP) is 6.53. The third kappa shape index (κ3) is 6.24. The number of hydrogen-bond acceptors (Lipinski definition) is 6. The molecular formula is C42H64N6Si. The summed E-state index contributed by atoms with van der Waals surface area (Å²) in [5.41, 5.74) is 17.8. The van der Waals surface area contributed by atoms with E-state index in [-0.39, 0.29) is 5.54 Å².